The molecule has 0 bridgehead atoms. The Bertz CT molecular complexity index is 1650. The standard InChI is InChI=1S/C34H29NO8S/c36-20-27-28(42-31(37)23-14-6-2-7-15-23)29(43-32(38)24-16-8-3-9-17-24)30(39-21-22-12-4-1-5-13-22)33(40-27)44-34-35-25-18-10-11-19-26(25)41-34/h1-19,27-30,33,36H,20-21H2. The van der Waals surface area contributed by atoms with Crippen molar-refractivity contribution in [2.45, 2.75) is 41.7 Å². The molecule has 224 valence electrons. The average Bonchev–Trinajstić information content (AvgIpc) is 3.49. The summed E-state index contributed by atoms with van der Waals surface area (Å²) >= 11 is 1.13. The summed E-state index contributed by atoms with van der Waals surface area (Å²) in [5.41, 5.74) is 1.85. The molecule has 5 unspecified atom stereocenters. The molecule has 10 heteroatoms. The number of fused-ring (bicyclic) bond motifs is 1. The lowest BCUT2D eigenvalue weighted by Crippen LogP contribution is -2.61. The third kappa shape index (κ3) is 6.84. The Balaban J connectivity index is 1.36. The van der Waals surface area contributed by atoms with Gasteiger partial charge in [0, 0.05) is 0 Å². The number of para-hydroxylation sites is 2. The van der Waals surface area contributed by atoms with Crippen molar-refractivity contribution in [1.82, 2.24) is 4.98 Å². The van der Waals surface area contributed by atoms with Gasteiger partial charge in [0.2, 0.25) is 0 Å². The first kappa shape index (κ1) is 29.6. The molecule has 0 radical (unpaired) electrons. The third-order valence-electron chi connectivity index (χ3n) is 7.05. The van der Waals surface area contributed by atoms with Crippen molar-refractivity contribution < 1.29 is 38.1 Å². The van der Waals surface area contributed by atoms with Gasteiger partial charge in [-0.25, -0.2) is 14.6 Å². The quantitative estimate of drug-likeness (QED) is 0.198. The van der Waals surface area contributed by atoms with Gasteiger partial charge in [-0.15, -0.1) is 0 Å². The van der Waals surface area contributed by atoms with Crippen molar-refractivity contribution in [1.29, 1.82) is 0 Å². The van der Waals surface area contributed by atoms with Crippen LogP contribution < -0.4 is 0 Å². The van der Waals surface area contributed by atoms with E-state index in [2.05, 4.69) is 4.98 Å². The number of hydrogen-bond acceptors (Lipinski definition) is 10. The van der Waals surface area contributed by atoms with E-state index in [0.717, 1.165) is 17.3 Å². The molecule has 1 N–H and O–H groups in total. The number of aliphatic hydroxyl groups is 1. The first-order valence-electron chi connectivity index (χ1n) is 14.0. The highest BCUT2D eigenvalue weighted by molar-refractivity contribution is 7.99. The number of nitrogens with zero attached hydrogens (tertiary/aromatic N) is 1. The number of carbonyl (C=O) groups is 2. The summed E-state index contributed by atoms with van der Waals surface area (Å²) in [6.45, 7) is -0.385. The van der Waals surface area contributed by atoms with Crippen LogP contribution in [0.5, 0.6) is 0 Å². The van der Waals surface area contributed by atoms with Crippen LogP contribution in [0.15, 0.2) is 125 Å². The Kier molecular flexibility index (Phi) is 9.33. The van der Waals surface area contributed by atoms with Crippen LogP contribution in [0.2, 0.25) is 0 Å². The van der Waals surface area contributed by atoms with E-state index in [9.17, 15) is 14.7 Å². The number of oxazole rings is 1. The zero-order valence-electron chi connectivity index (χ0n) is 23.4. The fraction of sp³-hybridized carbons (Fsp3) is 0.206. The normalized spacial score (nSPS) is 21.5. The molecule has 2 heterocycles. The minimum atomic E-state index is -1.21. The van der Waals surface area contributed by atoms with Crippen LogP contribution in [-0.2, 0) is 25.6 Å². The Morgan fingerprint density at radius 3 is 1.91 bits per heavy atom. The van der Waals surface area contributed by atoms with Crippen LogP contribution in [0, 0.1) is 0 Å². The maximum atomic E-state index is 13.5. The zero-order valence-corrected chi connectivity index (χ0v) is 24.2. The van der Waals surface area contributed by atoms with Gasteiger partial charge in [0.05, 0.1) is 24.3 Å². The highest BCUT2D eigenvalue weighted by Crippen LogP contribution is 2.38. The maximum absolute atomic E-state index is 13.5. The molecule has 1 fully saturated rings. The minimum Gasteiger partial charge on any atom is -0.452 e. The van der Waals surface area contributed by atoms with Gasteiger partial charge in [-0.1, -0.05) is 78.9 Å². The van der Waals surface area contributed by atoms with Crippen molar-refractivity contribution in [3.63, 3.8) is 0 Å². The van der Waals surface area contributed by atoms with E-state index >= 15 is 0 Å². The van der Waals surface area contributed by atoms with Gasteiger partial charge in [0.1, 0.15) is 23.2 Å². The lowest BCUT2D eigenvalue weighted by molar-refractivity contribution is -0.221. The van der Waals surface area contributed by atoms with Crippen LogP contribution in [0.1, 0.15) is 26.3 Å². The summed E-state index contributed by atoms with van der Waals surface area (Å²) in [6, 6.07) is 33.7. The molecule has 0 amide bonds. The van der Waals surface area contributed by atoms with Crippen LogP contribution in [0.4, 0.5) is 0 Å². The number of carbonyl (C=O) groups excluding carboxylic acids is 2. The predicted molar refractivity (Wildman–Crippen MR) is 162 cm³/mol. The molecule has 6 rings (SSSR count). The number of rotatable bonds is 10. The Morgan fingerprint density at radius 2 is 1.30 bits per heavy atom. The highest BCUT2D eigenvalue weighted by Gasteiger charge is 2.52. The number of benzene rings is 4. The second-order valence-corrected chi connectivity index (χ2v) is 11.1. The number of ether oxygens (including phenoxy) is 4. The second-order valence-electron chi connectivity index (χ2n) is 10.0. The molecule has 1 saturated heterocycles. The fourth-order valence-corrected chi connectivity index (χ4v) is 5.93. The Labute approximate surface area is 257 Å². The van der Waals surface area contributed by atoms with Gasteiger partial charge in [0.25, 0.3) is 5.22 Å². The molecule has 5 atom stereocenters. The Morgan fingerprint density at radius 1 is 0.727 bits per heavy atom. The lowest BCUT2D eigenvalue weighted by atomic mass is 9.98. The number of esters is 2. The number of hydrogen-bond donors (Lipinski definition) is 1. The van der Waals surface area contributed by atoms with E-state index in [1.54, 1.807) is 66.7 Å². The second kappa shape index (κ2) is 13.9. The molecule has 4 aromatic carbocycles. The molecule has 0 spiro atoms. The van der Waals surface area contributed by atoms with Gasteiger partial charge in [-0.2, -0.15) is 0 Å². The van der Waals surface area contributed by atoms with Gasteiger partial charge in [-0.05, 0) is 53.7 Å². The van der Waals surface area contributed by atoms with Gasteiger partial charge < -0.3 is 28.5 Å². The highest BCUT2D eigenvalue weighted by atomic mass is 32.2. The Hall–Kier alpha value is -4.48. The van der Waals surface area contributed by atoms with Gasteiger partial charge in [0.15, 0.2) is 17.8 Å². The number of thioether (sulfide) groups is 1. The van der Waals surface area contributed by atoms with Crippen molar-refractivity contribution in [3.05, 3.63) is 132 Å². The predicted octanol–water partition coefficient (Wildman–Crippen LogP) is 5.67. The van der Waals surface area contributed by atoms with E-state index in [-0.39, 0.29) is 6.61 Å². The monoisotopic (exact) mass is 611 g/mol. The maximum Gasteiger partial charge on any atom is 0.338 e. The topological polar surface area (TPSA) is 117 Å². The minimum absolute atomic E-state index is 0.141. The summed E-state index contributed by atoms with van der Waals surface area (Å²) in [7, 11) is 0. The largest absolute Gasteiger partial charge is 0.452 e. The molecule has 9 nitrogen and oxygen atoms in total. The molecular formula is C34H29NO8S. The van der Waals surface area contributed by atoms with Gasteiger partial charge >= 0.3 is 11.9 Å². The van der Waals surface area contributed by atoms with Gasteiger partial charge in [-0.3, -0.25) is 0 Å². The van der Waals surface area contributed by atoms with Crippen LogP contribution in [0.3, 0.4) is 0 Å². The zero-order chi connectivity index (χ0) is 30.3. The van der Waals surface area contributed by atoms with Crippen LogP contribution in [0.25, 0.3) is 11.1 Å². The SMILES string of the molecule is O=C(OC1C(CO)OC(Sc2nc3ccccc3o2)C(OCc2ccccc2)C1OC(=O)c1ccccc1)c1ccccc1. The van der Waals surface area contributed by atoms with Crippen LogP contribution in [-0.4, -0.2) is 58.5 Å². The molecule has 44 heavy (non-hydrogen) atoms. The smallest absolute Gasteiger partial charge is 0.338 e. The molecule has 0 aliphatic carbocycles. The van der Waals surface area contributed by atoms with Crippen molar-refractivity contribution in [2.75, 3.05) is 6.61 Å². The molecule has 1 aliphatic heterocycles. The lowest BCUT2D eigenvalue weighted by Gasteiger charge is -2.44. The first-order chi connectivity index (χ1) is 21.6. The van der Waals surface area contributed by atoms with Crippen molar-refractivity contribution in [2.24, 2.45) is 0 Å². The molecule has 5 aromatic rings. The average molecular weight is 612 g/mol. The molecule has 1 aliphatic rings. The number of aliphatic hydroxyl groups excluding tert-OH is 1. The first-order valence-corrected chi connectivity index (χ1v) is 14.9. The van der Waals surface area contributed by atoms with E-state index < -0.39 is 48.4 Å². The third-order valence-corrected chi connectivity index (χ3v) is 8.04. The summed E-state index contributed by atoms with van der Waals surface area (Å²) in [5.74, 6) is -1.31. The van der Waals surface area contributed by atoms with E-state index in [1.165, 1.54) is 0 Å². The molecule has 1 aromatic heterocycles. The summed E-state index contributed by atoms with van der Waals surface area (Å²) in [6.07, 6.45) is -4.41. The fourth-order valence-electron chi connectivity index (χ4n) is 4.87. The van der Waals surface area contributed by atoms with Crippen molar-refractivity contribution >= 4 is 34.8 Å². The summed E-state index contributed by atoms with van der Waals surface area (Å²) in [5, 5.41) is 10.8. The molecular weight excluding hydrogens is 582 g/mol. The summed E-state index contributed by atoms with van der Waals surface area (Å²) in [4.78, 5) is 31.3. The van der Waals surface area contributed by atoms with E-state index in [0.29, 0.717) is 27.4 Å². The summed E-state index contributed by atoms with van der Waals surface area (Å²) < 4.78 is 30.7. The molecule has 0 saturated carbocycles. The number of aromatic nitrogens is 1. The van der Waals surface area contributed by atoms with Crippen molar-refractivity contribution in [3.8, 4) is 0 Å². The van der Waals surface area contributed by atoms with E-state index in [4.69, 9.17) is 23.4 Å². The van der Waals surface area contributed by atoms with E-state index in [1.807, 2.05) is 48.5 Å². The van der Waals surface area contributed by atoms with Crippen LogP contribution >= 0.6 is 11.8 Å².